The smallest absolute Gasteiger partial charge is 0.259 e. The lowest BCUT2D eigenvalue weighted by atomic mass is 10.2. The van der Waals surface area contributed by atoms with Crippen LogP contribution in [0.1, 0.15) is 16.1 Å². The number of hydrogen-bond acceptors (Lipinski definition) is 3. The van der Waals surface area contributed by atoms with Gasteiger partial charge >= 0.3 is 0 Å². The Kier molecular flexibility index (Phi) is 2.82. The van der Waals surface area contributed by atoms with Gasteiger partial charge in [0.25, 0.3) is 5.91 Å². The molecule has 3 N–H and O–H groups in total. The number of benzene rings is 1. The molecule has 17 heavy (non-hydrogen) atoms. The van der Waals surface area contributed by atoms with Gasteiger partial charge in [-0.05, 0) is 31.2 Å². The summed E-state index contributed by atoms with van der Waals surface area (Å²) >= 11 is 0. The maximum Gasteiger partial charge on any atom is 0.259 e. The monoisotopic (exact) mass is 234 g/mol. The lowest BCUT2D eigenvalue weighted by Crippen LogP contribution is -2.12. The number of anilines is 2. The average Bonchev–Trinajstić information content (AvgIpc) is 2.69. The number of nitrogen functional groups attached to an aromatic ring is 1. The van der Waals surface area contributed by atoms with E-state index in [2.05, 4.69) is 5.32 Å². The molecular formula is C12H11FN2O2. The first-order valence-corrected chi connectivity index (χ1v) is 4.98. The number of halogens is 1. The van der Waals surface area contributed by atoms with E-state index in [1.165, 1.54) is 18.4 Å². The normalized spacial score (nSPS) is 10.2. The standard InChI is InChI=1S/C12H11FN2O2/c1-7-4-8(6-17-7)12(16)15-11-3-2-9(14)5-10(11)13/h2-6H,14H2,1H3,(H,15,16). The van der Waals surface area contributed by atoms with Crippen LogP contribution in [0.4, 0.5) is 15.8 Å². The third-order valence-corrected chi connectivity index (χ3v) is 2.23. The zero-order chi connectivity index (χ0) is 12.4. The van der Waals surface area contributed by atoms with Gasteiger partial charge in [-0.3, -0.25) is 4.79 Å². The summed E-state index contributed by atoms with van der Waals surface area (Å²) in [6, 6.07) is 5.65. The van der Waals surface area contributed by atoms with Gasteiger partial charge in [-0.25, -0.2) is 4.39 Å². The lowest BCUT2D eigenvalue weighted by molar-refractivity contribution is 0.102. The molecule has 88 valence electrons. The minimum atomic E-state index is -0.571. The number of nitrogens with two attached hydrogens (primary N) is 1. The summed E-state index contributed by atoms with van der Waals surface area (Å²) in [6.45, 7) is 1.72. The van der Waals surface area contributed by atoms with E-state index in [9.17, 15) is 9.18 Å². The molecule has 0 saturated carbocycles. The molecule has 0 aliphatic rings. The van der Waals surface area contributed by atoms with E-state index in [1.807, 2.05) is 0 Å². The summed E-state index contributed by atoms with van der Waals surface area (Å²) < 4.78 is 18.4. The van der Waals surface area contributed by atoms with Gasteiger partial charge in [-0.1, -0.05) is 0 Å². The zero-order valence-electron chi connectivity index (χ0n) is 9.16. The van der Waals surface area contributed by atoms with E-state index in [4.69, 9.17) is 10.2 Å². The average molecular weight is 234 g/mol. The first kappa shape index (κ1) is 11.2. The highest BCUT2D eigenvalue weighted by molar-refractivity contribution is 6.04. The molecule has 0 atom stereocenters. The van der Waals surface area contributed by atoms with Crippen molar-refractivity contribution in [1.29, 1.82) is 0 Å². The van der Waals surface area contributed by atoms with Crippen LogP contribution in [-0.2, 0) is 0 Å². The second-order valence-electron chi connectivity index (χ2n) is 3.64. The van der Waals surface area contributed by atoms with Gasteiger partial charge in [-0.15, -0.1) is 0 Å². The van der Waals surface area contributed by atoms with E-state index < -0.39 is 11.7 Å². The maximum absolute atomic E-state index is 13.4. The number of aryl methyl sites for hydroxylation is 1. The molecule has 0 spiro atoms. The maximum atomic E-state index is 13.4. The van der Waals surface area contributed by atoms with Crippen molar-refractivity contribution in [1.82, 2.24) is 0 Å². The Bertz CT molecular complexity index is 563. The molecule has 0 bridgehead atoms. The second kappa shape index (κ2) is 4.29. The quantitative estimate of drug-likeness (QED) is 0.784. The Balaban J connectivity index is 2.18. The minimum absolute atomic E-state index is 0.0862. The Labute approximate surface area is 97.2 Å². The van der Waals surface area contributed by atoms with Gasteiger partial charge in [0.15, 0.2) is 0 Å². The molecule has 5 heteroatoms. The number of furan rings is 1. The van der Waals surface area contributed by atoms with Crippen LogP contribution in [0.15, 0.2) is 34.9 Å². The summed E-state index contributed by atoms with van der Waals surface area (Å²) in [4.78, 5) is 11.7. The molecule has 0 unspecified atom stereocenters. The van der Waals surface area contributed by atoms with Crippen molar-refractivity contribution in [2.24, 2.45) is 0 Å². The number of nitrogens with one attached hydrogen (secondary N) is 1. The molecule has 1 heterocycles. The predicted octanol–water partition coefficient (Wildman–Crippen LogP) is 2.56. The number of carbonyl (C=O) groups excluding carboxylic acids is 1. The molecule has 2 rings (SSSR count). The van der Waals surface area contributed by atoms with Crippen LogP contribution >= 0.6 is 0 Å². The van der Waals surface area contributed by atoms with E-state index >= 15 is 0 Å². The van der Waals surface area contributed by atoms with Crippen LogP contribution in [0, 0.1) is 12.7 Å². The van der Waals surface area contributed by atoms with E-state index in [0.29, 0.717) is 17.0 Å². The van der Waals surface area contributed by atoms with Gasteiger partial charge in [0.05, 0.1) is 11.3 Å². The fraction of sp³-hybridized carbons (Fsp3) is 0.0833. The summed E-state index contributed by atoms with van der Waals surface area (Å²) in [5, 5.41) is 2.44. The molecule has 0 saturated heterocycles. The van der Waals surface area contributed by atoms with E-state index in [1.54, 1.807) is 13.0 Å². The summed E-state index contributed by atoms with van der Waals surface area (Å²) in [7, 11) is 0. The highest BCUT2D eigenvalue weighted by Crippen LogP contribution is 2.18. The molecule has 0 fully saturated rings. The van der Waals surface area contributed by atoms with Crippen LogP contribution in [0.3, 0.4) is 0 Å². The van der Waals surface area contributed by atoms with Crippen molar-refractivity contribution >= 4 is 17.3 Å². The number of amides is 1. The molecule has 1 aromatic heterocycles. The molecule has 1 aromatic carbocycles. The van der Waals surface area contributed by atoms with Crippen molar-refractivity contribution in [2.45, 2.75) is 6.92 Å². The predicted molar refractivity (Wildman–Crippen MR) is 62.2 cm³/mol. The van der Waals surface area contributed by atoms with Crippen molar-refractivity contribution in [3.05, 3.63) is 47.7 Å². The Morgan fingerprint density at radius 3 is 2.76 bits per heavy atom. The van der Waals surface area contributed by atoms with Crippen molar-refractivity contribution in [2.75, 3.05) is 11.1 Å². The minimum Gasteiger partial charge on any atom is -0.469 e. The molecule has 2 aromatic rings. The Morgan fingerprint density at radius 2 is 2.18 bits per heavy atom. The van der Waals surface area contributed by atoms with Crippen LogP contribution in [-0.4, -0.2) is 5.91 Å². The van der Waals surface area contributed by atoms with Crippen LogP contribution < -0.4 is 11.1 Å². The summed E-state index contributed by atoms with van der Waals surface area (Å²) in [6.07, 6.45) is 1.32. The Morgan fingerprint density at radius 1 is 1.41 bits per heavy atom. The molecule has 0 aliphatic heterocycles. The number of hydrogen-bond donors (Lipinski definition) is 2. The first-order valence-electron chi connectivity index (χ1n) is 4.98. The van der Waals surface area contributed by atoms with E-state index in [-0.39, 0.29) is 5.69 Å². The zero-order valence-corrected chi connectivity index (χ0v) is 9.16. The molecule has 4 nitrogen and oxygen atoms in total. The van der Waals surface area contributed by atoms with Gasteiger partial charge in [0.1, 0.15) is 17.8 Å². The van der Waals surface area contributed by atoms with Crippen molar-refractivity contribution in [3.63, 3.8) is 0 Å². The third kappa shape index (κ3) is 2.44. The van der Waals surface area contributed by atoms with Crippen molar-refractivity contribution < 1.29 is 13.6 Å². The molecule has 0 aliphatic carbocycles. The fourth-order valence-corrected chi connectivity index (χ4v) is 1.39. The number of carbonyl (C=O) groups is 1. The Hall–Kier alpha value is -2.30. The number of rotatable bonds is 2. The van der Waals surface area contributed by atoms with Crippen LogP contribution in [0.2, 0.25) is 0 Å². The van der Waals surface area contributed by atoms with Crippen LogP contribution in [0.5, 0.6) is 0 Å². The first-order chi connectivity index (χ1) is 8.06. The topological polar surface area (TPSA) is 68.3 Å². The van der Waals surface area contributed by atoms with Crippen molar-refractivity contribution in [3.8, 4) is 0 Å². The van der Waals surface area contributed by atoms with Gasteiger partial charge < -0.3 is 15.5 Å². The molecule has 1 amide bonds. The van der Waals surface area contributed by atoms with Gasteiger partial charge in [0.2, 0.25) is 0 Å². The summed E-state index contributed by atoms with van der Waals surface area (Å²) in [5.74, 6) is -0.378. The molecular weight excluding hydrogens is 223 g/mol. The molecule has 0 radical (unpaired) electrons. The van der Waals surface area contributed by atoms with Gasteiger partial charge in [-0.2, -0.15) is 0 Å². The summed E-state index contributed by atoms with van der Waals surface area (Å²) in [5.41, 5.74) is 6.14. The SMILES string of the molecule is Cc1cc(C(=O)Nc2ccc(N)cc2F)co1. The highest BCUT2D eigenvalue weighted by atomic mass is 19.1. The lowest BCUT2D eigenvalue weighted by Gasteiger charge is -2.05. The van der Waals surface area contributed by atoms with E-state index in [0.717, 1.165) is 6.07 Å². The van der Waals surface area contributed by atoms with Crippen LogP contribution in [0.25, 0.3) is 0 Å². The second-order valence-corrected chi connectivity index (χ2v) is 3.64. The fourth-order valence-electron chi connectivity index (χ4n) is 1.39. The third-order valence-electron chi connectivity index (χ3n) is 2.23. The highest BCUT2D eigenvalue weighted by Gasteiger charge is 2.11. The van der Waals surface area contributed by atoms with Gasteiger partial charge in [0, 0.05) is 5.69 Å². The largest absolute Gasteiger partial charge is 0.469 e.